The fraction of sp³-hybridized carbons (Fsp3) is 0.923. The third-order valence-corrected chi connectivity index (χ3v) is 3.35. The van der Waals surface area contributed by atoms with Crippen LogP contribution in [0, 0.1) is 5.41 Å². The molecule has 1 unspecified atom stereocenters. The molecular formula is C13H27ClN2O2. The SMILES string of the molecule is CN(CC(C)(C)CN)C(=O)CCC1CCCO1.Cl. The standard InChI is InChI=1S/C13H26N2O2.ClH/c1-13(2,9-14)10-15(3)12(16)7-6-11-5-4-8-17-11;/h11H,4-10,14H2,1-3H3;1H. The van der Waals surface area contributed by atoms with E-state index in [4.69, 9.17) is 10.5 Å². The smallest absolute Gasteiger partial charge is 0.222 e. The van der Waals surface area contributed by atoms with Crippen LogP contribution in [0.5, 0.6) is 0 Å². The Kier molecular flexibility index (Phi) is 7.83. The van der Waals surface area contributed by atoms with Crippen LogP contribution in [0.4, 0.5) is 0 Å². The Morgan fingerprint density at radius 1 is 1.50 bits per heavy atom. The number of nitrogens with zero attached hydrogens (tertiary/aromatic N) is 1. The number of hydrogen-bond donors (Lipinski definition) is 1. The highest BCUT2D eigenvalue weighted by atomic mass is 35.5. The van der Waals surface area contributed by atoms with Crippen molar-refractivity contribution in [1.82, 2.24) is 4.90 Å². The number of carbonyl (C=O) groups is 1. The molecule has 0 aromatic heterocycles. The van der Waals surface area contributed by atoms with E-state index in [1.165, 1.54) is 0 Å². The van der Waals surface area contributed by atoms with Crippen molar-refractivity contribution in [2.24, 2.45) is 11.1 Å². The number of rotatable bonds is 6. The van der Waals surface area contributed by atoms with E-state index in [0.29, 0.717) is 25.6 Å². The minimum absolute atomic E-state index is 0. The van der Waals surface area contributed by atoms with Crippen molar-refractivity contribution in [2.75, 3.05) is 26.7 Å². The van der Waals surface area contributed by atoms with Gasteiger partial charge in [-0.15, -0.1) is 12.4 Å². The summed E-state index contributed by atoms with van der Waals surface area (Å²) in [5, 5.41) is 0. The summed E-state index contributed by atoms with van der Waals surface area (Å²) in [5.41, 5.74) is 5.66. The second-order valence-electron chi connectivity index (χ2n) is 5.79. The highest BCUT2D eigenvalue weighted by Crippen LogP contribution is 2.18. The predicted molar refractivity (Wildman–Crippen MR) is 75.9 cm³/mol. The summed E-state index contributed by atoms with van der Waals surface area (Å²) < 4.78 is 5.51. The van der Waals surface area contributed by atoms with Gasteiger partial charge >= 0.3 is 0 Å². The summed E-state index contributed by atoms with van der Waals surface area (Å²) in [6, 6.07) is 0. The van der Waals surface area contributed by atoms with Crippen molar-refractivity contribution in [3.63, 3.8) is 0 Å². The van der Waals surface area contributed by atoms with Crippen molar-refractivity contribution in [2.45, 2.75) is 45.6 Å². The molecule has 1 fully saturated rings. The van der Waals surface area contributed by atoms with Crippen LogP contribution >= 0.6 is 12.4 Å². The third kappa shape index (κ3) is 6.03. The van der Waals surface area contributed by atoms with Gasteiger partial charge in [-0.2, -0.15) is 0 Å². The van der Waals surface area contributed by atoms with Crippen LogP contribution in [0.15, 0.2) is 0 Å². The quantitative estimate of drug-likeness (QED) is 0.806. The summed E-state index contributed by atoms with van der Waals surface area (Å²) in [6.45, 7) is 6.33. The average molecular weight is 279 g/mol. The van der Waals surface area contributed by atoms with E-state index in [1.807, 2.05) is 7.05 Å². The molecule has 1 amide bonds. The second-order valence-corrected chi connectivity index (χ2v) is 5.79. The van der Waals surface area contributed by atoms with E-state index < -0.39 is 0 Å². The molecule has 0 saturated carbocycles. The number of ether oxygens (including phenoxy) is 1. The first-order valence-electron chi connectivity index (χ1n) is 6.50. The van der Waals surface area contributed by atoms with Gasteiger partial charge < -0.3 is 15.4 Å². The van der Waals surface area contributed by atoms with Crippen LogP contribution in [0.25, 0.3) is 0 Å². The normalized spacial score (nSPS) is 19.4. The molecular weight excluding hydrogens is 252 g/mol. The molecule has 0 spiro atoms. The molecule has 18 heavy (non-hydrogen) atoms. The highest BCUT2D eigenvalue weighted by molar-refractivity contribution is 5.85. The Morgan fingerprint density at radius 3 is 2.67 bits per heavy atom. The third-order valence-electron chi connectivity index (χ3n) is 3.35. The molecule has 4 nitrogen and oxygen atoms in total. The van der Waals surface area contributed by atoms with Crippen LogP contribution in [0.1, 0.15) is 39.5 Å². The molecule has 0 aliphatic carbocycles. The van der Waals surface area contributed by atoms with Crippen LogP contribution in [-0.2, 0) is 9.53 Å². The zero-order valence-corrected chi connectivity index (χ0v) is 12.6. The summed E-state index contributed by atoms with van der Waals surface area (Å²) in [7, 11) is 1.86. The lowest BCUT2D eigenvalue weighted by Crippen LogP contribution is -2.39. The lowest BCUT2D eigenvalue weighted by Gasteiger charge is -2.29. The lowest BCUT2D eigenvalue weighted by atomic mass is 9.93. The van der Waals surface area contributed by atoms with Crippen LogP contribution in [0.3, 0.4) is 0 Å². The molecule has 1 aliphatic heterocycles. The molecule has 5 heteroatoms. The van der Waals surface area contributed by atoms with Gasteiger partial charge in [-0.3, -0.25) is 4.79 Å². The summed E-state index contributed by atoms with van der Waals surface area (Å²) in [6.07, 6.45) is 3.98. The van der Waals surface area contributed by atoms with Crippen LogP contribution in [-0.4, -0.2) is 43.7 Å². The molecule has 2 N–H and O–H groups in total. The van der Waals surface area contributed by atoms with E-state index >= 15 is 0 Å². The second kappa shape index (κ2) is 7.97. The maximum Gasteiger partial charge on any atom is 0.222 e. The van der Waals surface area contributed by atoms with Gasteiger partial charge in [-0.25, -0.2) is 0 Å². The summed E-state index contributed by atoms with van der Waals surface area (Å²) in [5.74, 6) is 0.196. The Morgan fingerprint density at radius 2 is 2.17 bits per heavy atom. The average Bonchev–Trinajstić information content (AvgIpc) is 2.78. The number of hydrogen-bond acceptors (Lipinski definition) is 3. The Hall–Kier alpha value is -0.320. The molecule has 1 atom stereocenters. The largest absolute Gasteiger partial charge is 0.378 e. The first kappa shape index (κ1) is 17.7. The maximum atomic E-state index is 11.9. The van der Waals surface area contributed by atoms with E-state index in [-0.39, 0.29) is 23.7 Å². The van der Waals surface area contributed by atoms with Crippen molar-refractivity contribution in [3.8, 4) is 0 Å². The van der Waals surface area contributed by atoms with Gasteiger partial charge in [-0.1, -0.05) is 13.8 Å². The summed E-state index contributed by atoms with van der Waals surface area (Å²) in [4.78, 5) is 13.7. The summed E-state index contributed by atoms with van der Waals surface area (Å²) >= 11 is 0. The molecule has 1 saturated heterocycles. The molecule has 0 radical (unpaired) electrons. The molecule has 108 valence electrons. The van der Waals surface area contributed by atoms with E-state index in [0.717, 1.165) is 25.9 Å². The number of nitrogens with two attached hydrogens (primary N) is 1. The predicted octanol–water partition coefficient (Wildman–Crippen LogP) is 1.81. The van der Waals surface area contributed by atoms with Crippen molar-refractivity contribution in [1.29, 1.82) is 0 Å². The minimum atomic E-state index is -0.00569. The number of halogens is 1. The number of carbonyl (C=O) groups excluding carboxylic acids is 1. The van der Waals surface area contributed by atoms with Gasteiger partial charge in [0.25, 0.3) is 0 Å². The fourth-order valence-electron chi connectivity index (χ4n) is 2.14. The highest BCUT2D eigenvalue weighted by Gasteiger charge is 2.22. The van der Waals surface area contributed by atoms with E-state index in [1.54, 1.807) is 4.90 Å². The fourth-order valence-corrected chi connectivity index (χ4v) is 2.14. The minimum Gasteiger partial charge on any atom is -0.378 e. The van der Waals surface area contributed by atoms with Crippen molar-refractivity contribution < 1.29 is 9.53 Å². The van der Waals surface area contributed by atoms with E-state index in [2.05, 4.69) is 13.8 Å². The first-order valence-corrected chi connectivity index (χ1v) is 6.50. The molecule has 0 aromatic carbocycles. The van der Waals surface area contributed by atoms with Crippen molar-refractivity contribution >= 4 is 18.3 Å². The Labute approximate surface area is 117 Å². The Bertz CT molecular complexity index is 253. The van der Waals surface area contributed by atoms with Gasteiger partial charge in [0.2, 0.25) is 5.91 Å². The Balaban J connectivity index is 0.00000289. The molecule has 1 heterocycles. The lowest BCUT2D eigenvalue weighted by molar-refractivity contribution is -0.131. The zero-order chi connectivity index (χ0) is 12.9. The van der Waals surface area contributed by atoms with Gasteiger partial charge in [0.15, 0.2) is 0 Å². The van der Waals surface area contributed by atoms with Crippen LogP contribution in [0.2, 0.25) is 0 Å². The maximum absolute atomic E-state index is 11.9. The van der Waals surface area contributed by atoms with Gasteiger partial charge in [0.1, 0.15) is 0 Å². The zero-order valence-electron chi connectivity index (χ0n) is 11.8. The molecule has 0 bridgehead atoms. The number of amides is 1. The monoisotopic (exact) mass is 278 g/mol. The van der Waals surface area contributed by atoms with E-state index in [9.17, 15) is 4.79 Å². The first-order chi connectivity index (χ1) is 7.94. The molecule has 1 aliphatic rings. The van der Waals surface area contributed by atoms with Crippen LogP contribution < -0.4 is 5.73 Å². The van der Waals surface area contributed by atoms with Gasteiger partial charge in [0.05, 0.1) is 6.10 Å². The molecule has 0 aromatic rings. The van der Waals surface area contributed by atoms with Gasteiger partial charge in [0, 0.05) is 26.6 Å². The molecule has 1 rings (SSSR count). The van der Waals surface area contributed by atoms with Crippen molar-refractivity contribution in [3.05, 3.63) is 0 Å². The van der Waals surface area contributed by atoms with Gasteiger partial charge in [-0.05, 0) is 31.2 Å². The topological polar surface area (TPSA) is 55.6 Å².